The average Bonchev–Trinajstić information content (AvgIpc) is 2.54. The molecule has 25 heavy (non-hydrogen) atoms. The van der Waals surface area contributed by atoms with Gasteiger partial charge in [-0.15, -0.1) is 0 Å². The van der Waals surface area contributed by atoms with Crippen molar-refractivity contribution >= 4 is 5.91 Å². The summed E-state index contributed by atoms with van der Waals surface area (Å²) in [5.41, 5.74) is 3.10. The van der Waals surface area contributed by atoms with E-state index in [0.29, 0.717) is 4.59 Å². The van der Waals surface area contributed by atoms with Crippen molar-refractivity contribution in [2.75, 3.05) is 20.6 Å². The summed E-state index contributed by atoms with van der Waals surface area (Å²) in [6.45, 7) is 7.20. The highest BCUT2D eigenvalue weighted by Crippen LogP contribution is 2.13. The van der Waals surface area contributed by atoms with E-state index in [-0.39, 0.29) is 11.8 Å². The number of rotatable bonds is 17. The minimum Gasteiger partial charge on any atom is -0.270 e. The Balaban J connectivity index is 3.34. The number of unbranched alkanes of at least 4 members (excludes halogenated alkanes) is 13. The van der Waals surface area contributed by atoms with Crippen molar-refractivity contribution in [3.05, 3.63) is 0 Å². The number of hydrogen-bond acceptors (Lipinski definition) is 1. The van der Waals surface area contributed by atoms with Crippen molar-refractivity contribution in [3.8, 4) is 0 Å². The first-order valence-electron chi connectivity index (χ1n) is 11.0. The van der Waals surface area contributed by atoms with Gasteiger partial charge in [0.2, 0.25) is 0 Å². The molecule has 0 heterocycles. The van der Waals surface area contributed by atoms with Crippen molar-refractivity contribution in [3.63, 3.8) is 0 Å². The number of nitrogens with one attached hydrogen (secondary N) is 1. The van der Waals surface area contributed by atoms with E-state index in [1.807, 2.05) is 13.8 Å². The molecule has 0 aromatic heterocycles. The lowest BCUT2D eigenvalue weighted by Gasteiger charge is -2.29. The molecule has 3 heteroatoms. The molecule has 0 aromatic rings. The van der Waals surface area contributed by atoms with E-state index in [9.17, 15) is 4.79 Å². The van der Waals surface area contributed by atoms with E-state index in [4.69, 9.17) is 0 Å². The Kier molecular flexibility index (Phi) is 15.3. The van der Waals surface area contributed by atoms with Crippen LogP contribution in [-0.2, 0) is 4.79 Å². The Morgan fingerprint density at radius 2 is 1.08 bits per heavy atom. The van der Waals surface area contributed by atoms with Gasteiger partial charge in [0.15, 0.2) is 0 Å². The third-order valence-electron chi connectivity index (χ3n) is 5.01. The molecule has 150 valence electrons. The monoisotopic (exact) mass is 355 g/mol. The second-order valence-electron chi connectivity index (χ2n) is 8.64. The summed E-state index contributed by atoms with van der Waals surface area (Å²) < 4.78 is 0.606. The van der Waals surface area contributed by atoms with Gasteiger partial charge in [-0.1, -0.05) is 97.8 Å². The standard InChI is InChI=1S/C22H46N2O/c1-6-7-8-9-10-11-12-13-14-15-16-17-18-19-20-24(4,5)23-22(25)21(2)3/h21H,6-20H2,1-5H3/p+1. The van der Waals surface area contributed by atoms with Crippen LogP contribution in [0, 0.1) is 5.92 Å². The van der Waals surface area contributed by atoms with E-state index in [1.165, 1.54) is 89.9 Å². The number of carbonyl (C=O) groups excluding carboxylic acids is 1. The quantitative estimate of drug-likeness (QED) is 0.187. The second-order valence-corrected chi connectivity index (χ2v) is 8.64. The number of hydrogen-bond donors (Lipinski definition) is 1. The maximum Gasteiger partial charge on any atom is 0.267 e. The fourth-order valence-corrected chi connectivity index (χ4v) is 3.18. The van der Waals surface area contributed by atoms with Gasteiger partial charge in [0.05, 0.1) is 14.1 Å². The molecule has 0 unspecified atom stereocenters. The molecule has 0 fully saturated rings. The molecule has 1 N–H and O–H groups in total. The van der Waals surface area contributed by atoms with Crippen LogP contribution in [0.3, 0.4) is 0 Å². The summed E-state index contributed by atoms with van der Waals surface area (Å²) in [5.74, 6) is 0.212. The first-order chi connectivity index (χ1) is 11.9. The summed E-state index contributed by atoms with van der Waals surface area (Å²) in [7, 11) is 4.17. The third kappa shape index (κ3) is 16.6. The summed E-state index contributed by atoms with van der Waals surface area (Å²) in [6, 6.07) is 0. The molecular formula is C22H47N2O+. The Bertz CT molecular complexity index is 313. The van der Waals surface area contributed by atoms with Crippen LogP contribution < -0.4 is 5.43 Å². The highest BCUT2D eigenvalue weighted by atomic mass is 16.2. The topological polar surface area (TPSA) is 29.1 Å². The van der Waals surface area contributed by atoms with E-state index in [2.05, 4.69) is 26.4 Å². The zero-order valence-corrected chi connectivity index (χ0v) is 18.0. The molecule has 0 saturated heterocycles. The van der Waals surface area contributed by atoms with Gasteiger partial charge in [0.1, 0.15) is 6.54 Å². The number of quaternary nitrogens is 1. The van der Waals surface area contributed by atoms with Crippen LogP contribution in [0.4, 0.5) is 0 Å². The lowest BCUT2D eigenvalue weighted by atomic mass is 10.0. The van der Waals surface area contributed by atoms with Gasteiger partial charge in [-0.3, -0.25) is 4.79 Å². The average molecular weight is 356 g/mol. The van der Waals surface area contributed by atoms with Gasteiger partial charge in [0, 0.05) is 5.92 Å². The second kappa shape index (κ2) is 15.7. The molecule has 0 bridgehead atoms. The fourth-order valence-electron chi connectivity index (χ4n) is 3.18. The third-order valence-corrected chi connectivity index (χ3v) is 5.01. The normalized spacial score (nSPS) is 11.9. The molecule has 0 rings (SSSR count). The Hall–Kier alpha value is -0.570. The van der Waals surface area contributed by atoms with Gasteiger partial charge in [-0.05, 0) is 12.8 Å². The Morgan fingerprint density at radius 1 is 0.720 bits per heavy atom. The molecule has 0 radical (unpaired) electrons. The molecule has 0 aliphatic carbocycles. The summed E-state index contributed by atoms with van der Waals surface area (Å²) in [5, 5.41) is 0. The highest BCUT2D eigenvalue weighted by molar-refractivity contribution is 5.76. The maximum absolute atomic E-state index is 11.8. The zero-order valence-electron chi connectivity index (χ0n) is 18.0. The molecule has 0 aromatic carbocycles. The van der Waals surface area contributed by atoms with Crippen molar-refractivity contribution in [1.29, 1.82) is 0 Å². The number of amides is 1. The Labute approximate surface area is 158 Å². The fraction of sp³-hybridized carbons (Fsp3) is 0.955. The van der Waals surface area contributed by atoms with Crippen molar-refractivity contribution < 1.29 is 9.39 Å². The summed E-state index contributed by atoms with van der Waals surface area (Å²) >= 11 is 0. The largest absolute Gasteiger partial charge is 0.270 e. The van der Waals surface area contributed by atoms with Crippen LogP contribution in [0.25, 0.3) is 0 Å². The van der Waals surface area contributed by atoms with E-state index < -0.39 is 0 Å². The predicted molar refractivity (Wildman–Crippen MR) is 110 cm³/mol. The predicted octanol–water partition coefficient (Wildman–Crippen LogP) is 6.23. The molecule has 0 spiro atoms. The molecule has 0 saturated carbocycles. The van der Waals surface area contributed by atoms with Crippen molar-refractivity contribution in [1.82, 2.24) is 5.43 Å². The summed E-state index contributed by atoms with van der Waals surface area (Å²) in [6.07, 6.45) is 19.4. The van der Waals surface area contributed by atoms with Crippen LogP contribution in [0.1, 0.15) is 111 Å². The van der Waals surface area contributed by atoms with Crippen LogP contribution in [0.5, 0.6) is 0 Å². The van der Waals surface area contributed by atoms with Gasteiger partial charge < -0.3 is 0 Å². The maximum atomic E-state index is 11.8. The zero-order chi connectivity index (χ0) is 19.0. The van der Waals surface area contributed by atoms with Gasteiger partial charge in [0.25, 0.3) is 5.91 Å². The number of nitrogens with zero attached hydrogens (tertiary/aromatic N) is 1. The van der Waals surface area contributed by atoms with E-state index in [1.54, 1.807) is 0 Å². The lowest BCUT2D eigenvalue weighted by Crippen LogP contribution is -2.55. The van der Waals surface area contributed by atoms with Gasteiger partial charge >= 0.3 is 0 Å². The highest BCUT2D eigenvalue weighted by Gasteiger charge is 2.20. The SMILES string of the molecule is CCCCCCCCCCCCCCCC[N+](C)(C)NC(=O)C(C)C. The minimum absolute atomic E-state index is 0.0636. The molecule has 3 nitrogen and oxygen atoms in total. The molecule has 0 aliphatic heterocycles. The van der Waals surface area contributed by atoms with Crippen LogP contribution in [0.2, 0.25) is 0 Å². The first kappa shape index (κ1) is 24.4. The molecule has 1 amide bonds. The van der Waals surface area contributed by atoms with Crippen molar-refractivity contribution in [2.24, 2.45) is 5.92 Å². The van der Waals surface area contributed by atoms with Gasteiger partial charge in [-0.25, -0.2) is 10.0 Å². The van der Waals surface area contributed by atoms with E-state index in [0.717, 1.165) is 6.54 Å². The molecular weight excluding hydrogens is 308 g/mol. The molecule has 0 atom stereocenters. The Morgan fingerprint density at radius 3 is 1.44 bits per heavy atom. The van der Waals surface area contributed by atoms with Crippen LogP contribution in [0.15, 0.2) is 0 Å². The van der Waals surface area contributed by atoms with Crippen LogP contribution >= 0.6 is 0 Å². The minimum atomic E-state index is 0.0636. The molecule has 0 aliphatic rings. The van der Waals surface area contributed by atoms with Crippen molar-refractivity contribution in [2.45, 2.75) is 111 Å². The first-order valence-corrected chi connectivity index (χ1v) is 11.0. The van der Waals surface area contributed by atoms with E-state index >= 15 is 0 Å². The van der Waals surface area contributed by atoms with Gasteiger partial charge in [-0.2, -0.15) is 0 Å². The smallest absolute Gasteiger partial charge is 0.267 e. The lowest BCUT2D eigenvalue weighted by molar-refractivity contribution is -0.925. The van der Waals surface area contributed by atoms with Crippen LogP contribution in [-0.4, -0.2) is 31.1 Å². The summed E-state index contributed by atoms with van der Waals surface area (Å²) in [4.78, 5) is 11.8. The number of carbonyl (C=O) groups is 1.